The molecule has 1 aromatic carbocycles. The fraction of sp³-hybridized carbons (Fsp3) is 0.273. The second-order valence-electron chi connectivity index (χ2n) is 4.29. The van der Waals surface area contributed by atoms with Crippen LogP contribution in [0.1, 0.15) is 5.56 Å². The summed E-state index contributed by atoms with van der Waals surface area (Å²) in [6.07, 6.45) is 0. The number of nitrogens with zero attached hydrogens (tertiary/aromatic N) is 1. The van der Waals surface area contributed by atoms with Crippen LogP contribution in [0.3, 0.4) is 0 Å². The lowest BCUT2D eigenvalue weighted by Gasteiger charge is -2.19. The monoisotopic (exact) mass is 300 g/mol. The van der Waals surface area contributed by atoms with Crippen LogP contribution in [-0.4, -0.2) is 37.6 Å². The first kappa shape index (κ1) is 15.9. The number of rotatable bonds is 6. The Morgan fingerprint density at radius 3 is 2.00 bits per heavy atom. The van der Waals surface area contributed by atoms with Gasteiger partial charge in [-0.2, -0.15) is 4.31 Å². The summed E-state index contributed by atoms with van der Waals surface area (Å²) in [5, 5.41) is 0. The molecule has 0 aliphatic rings. The summed E-state index contributed by atoms with van der Waals surface area (Å²) >= 11 is 0. The van der Waals surface area contributed by atoms with Crippen LogP contribution in [0.5, 0.6) is 0 Å². The van der Waals surface area contributed by atoms with Gasteiger partial charge in [0.2, 0.25) is 21.8 Å². The van der Waals surface area contributed by atoms with E-state index in [1.807, 2.05) is 0 Å². The van der Waals surface area contributed by atoms with Gasteiger partial charge in [0.1, 0.15) is 0 Å². The van der Waals surface area contributed by atoms with Gasteiger partial charge in [0.25, 0.3) is 0 Å². The molecule has 0 radical (unpaired) electrons. The number of sulfonamides is 1. The smallest absolute Gasteiger partial charge is 0.244 e. The summed E-state index contributed by atoms with van der Waals surface area (Å²) in [6.45, 7) is 0.389. The molecule has 0 fully saturated rings. The molecule has 0 spiro atoms. The van der Waals surface area contributed by atoms with E-state index in [-0.39, 0.29) is 10.6 Å². The summed E-state index contributed by atoms with van der Waals surface area (Å²) in [6, 6.07) is 4.20. The molecule has 0 aliphatic heterocycles. The van der Waals surface area contributed by atoms with Crippen LogP contribution in [0.15, 0.2) is 23.1 Å². The molecule has 0 saturated heterocycles. The number of hydrogen-bond donors (Lipinski definition) is 3. The Hall–Kier alpha value is -2.13. The molecule has 0 aromatic heterocycles. The van der Waals surface area contributed by atoms with E-state index >= 15 is 0 Å². The largest absolute Gasteiger partial charge is 0.399 e. The standard InChI is InChI=1S/C11H16N4O4S/c1-7-2-8(12)4-9(3-7)20(18,19)15(5-10(13)16)6-11(14)17/h2-4H,5-6,12H2,1H3,(H2,13,16)(H2,14,17). The Kier molecular flexibility index (Phi) is 4.69. The van der Waals surface area contributed by atoms with Crippen LogP contribution in [0.25, 0.3) is 0 Å². The Morgan fingerprint density at radius 1 is 1.10 bits per heavy atom. The fourth-order valence-electron chi connectivity index (χ4n) is 1.65. The highest BCUT2D eigenvalue weighted by Crippen LogP contribution is 2.20. The van der Waals surface area contributed by atoms with Crippen molar-refractivity contribution >= 4 is 27.5 Å². The zero-order valence-electron chi connectivity index (χ0n) is 10.9. The van der Waals surface area contributed by atoms with Crippen molar-refractivity contribution < 1.29 is 18.0 Å². The predicted octanol–water partition coefficient (Wildman–Crippen LogP) is -1.46. The first-order chi connectivity index (χ1) is 9.12. The third-order valence-corrected chi connectivity index (χ3v) is 4.14. The number of aryl methyl sites for hydroxylation is 1. The summed E-state index contributed by atoms with van der Waals surface area (Å²) in [7, 11) is -4.08. The zero-order valence-corrected chi connectivity index (χ0v) is 11.7. The van der Waals surface area contributed by atoms with Gasteiger partial charge in [-0.1, -0.05) is 0 Å². The van der Waals surface area contributed by atoms with Crippen LogP contribution in [-0.2, 0) is 19.6 Å². The van der Waals surface area contributed by atoms with Crippen LogP contribution < -0.4 is 17.2 Å². The van der Waals surface area contributed by atoms with Gasteiger partial charge in [-0.15, -0.1) is 0 Å². The number of hydrogen-bond acceptors (Lipinski definition) is 5. The highest BCUT2D eigenvalue weighted by atomic mass is 32.2. The molecule has 0 unspecified atom stereocenters. The van der Waals surface area contributed by atoms with E-state index in [0.717, 1.165) is 0 Å². The Morgan fingerprint density at radius 2 is 1.60 bits per heavy atom. The number of nitrogen functional groups attached to an aromatic ring is 1. The average molecular weight is 300 g/mol. The van der Waals surface area contributed by atoms with Crippen molar-refractivity contribution in [2.24, 2.45) is 11.5 Å². The molecule has 1 rings (SSSR count). The molecule has 8 nitrogen and oxygen atoms in total. The number of carbonyl (C=O) groups excluding carboxylic acids is 2. The summed E-state index contributed by atoms with van der Waals surface area (Å²) in [5.41, 5.74) is 16.4. The molecule has 0 bridgehead atoms. The molecular formula is C11H16N4O4S. The Labute approximate surface area is 116 Å². The van der Waals surface area contributed by atoms with Crippen LogP contribution in [0.2, 0.25) is 0 Å². The minimum absolute atomic E-state index is 0.127. The average Bonchev–Trinajstić information content (AvgIpc) is 2.25. The first-order valence-corrected chi connectivity index (χ1v) is 7.01. The number of primary amides is 2. The van der Waals surface area contributed by atoms with Gasteiger partial charge in [-0.25, -0.2) is 8.42 Å². The fourth-order valence-corrected chi connectivity index (χ4v) is 3.16. The molecule has 0 heterocycles. The van der Waals surface area contributed by atoms with E-state index in [4.69, 9.17) is 17.2 Å². The van der Waals surface area contributed by atoms with Crippen LogP contribution in [0, 0.1) is 6.92 Å². The topological polar surface area (TPSA) is 150 Å². The molecule has 0 aliphatic carbocycles. The van der Waals surface area contributed by atoms with E-state index < -0.39 is 34.9 Å². The molecule has 0 atom stereocenters. The van der Waals surface area contributed by atoms with Crippen molar-refractivity contribution in [3.63, 3.8) is 0 Å². The normalized spacial score (nSPS) is 11.5. The second kappa shape index (κ2) is 5.88. The maximum absolute atomic E-state index is 12.4. The van der Waals surface area contributed by atoms with Gasteiger partial charge < -0.3 is 17.2 Å². The highest BCUT2D eigenvalue weighted by Gasteiger charge is 2.27. The second-order valence-corrected chi connectivity index (χ2v) is 6.22. The lowest BCUT2D eigenvalue weighted by molar-refractivity contribution is -0.120. The van der Waals surface area contributed by atoms with E-state index in [9.17, 15) is 18.0 Å². The maximum atomic E-state index is 12.4. The van der Waals surface area contributed by atoms with Crippen molar-refractivity contribution in [1.29, 1.82) is 0 Å². The molecular weight excluding hydrogens is 284 g/mol. The minimum Gasteiger partial charge on any atom is -0.399 e. The lowest BCUT2D eigenvalue weighted by atomic mass is 10.2. The van der Waals surface area contributed by atoms with Gasteiger partial charge >= 0.3 is 0 Å². The molecule has 6 N–H and O–H groups in total. The van der Waals surface area contributed by atoms with Gasteiger partial charge in [-0.3, -0.25) is 9.59 Å². The minimum atomic E-state index is -4.08. The number of anilines is 1. The van der Waals surface area contributed by atoms with Crippen LogP contribution >= 0.6 is 0 Å². The molecule has 20 heavy (non-hydrogen) atoms. The van der Waals surface area contributed by atoms with Crippen LogP contribution in [0.4, 0.5) is 5.69 Å². The first-order valence-electron chi connectivity index (χ1n) is 5.57. The number of benzene rings is 1. The van der Waals surface area contributed by atoms with Gasteiger partial charge in [0.05, 0.1) is 18.0 Å². The third kappa shape index (κ3) is 3.93. The van der Waals surface area contributed by atoms with Crippen molar-refractivity contribution in [3.05, 3.63) is 23.8 Å². The number of nitrogens with two attached hydrogens (primary N) is 3. The highest BCUT2D eigenvalue weighted by molar-refractivity contribution is 7.89. The van der Waals surface area contributed by atoms with Gasteiger partial charge in [0, 0.05) is 5.69 Å². The van der Waals surface area contributed by atoms with E-state index in [2.05, 4.69) is 0 Å². The SMILES string of the molecule is Cc1cc(N)cc(S(=O)(=O)N(CC(N)=O)CC(N)=O)c1. The molecule has 9 heteroatoms. The van der Waals surface area contributed by atoms with E-state index in [1.165, 1.54) is 12.1 Å². The Balaban J connectivity index is 3.27. The van der Waals surface area contributed by atoms with Crippen molar-refractivity contribution in [2.45, 2.75) is 11.8 Å². The van der Waals surface area contributed by atoms with Crippen molar-refractivity contribution in [1.82, 2.24) is 4.31 Å². The summed E-state index contributed by atoms with van der Waals surface area (Å²) < 4.78 is 25.3. The van der Waals surface area contributed by atoms with Crippen molar-refractivity contribution in [3.8, 4) is 0 Å². The quantitative estimate of drug-likeness (QED) is 0.549. The third-order valence-electron chi connectivity index (χ3n) is 2.38. The summed E-state index contributed by atoms with van der Waals surface area (Å²) in [4.78, 5) is 21.8. The maximum Gasteiger partial charge on any atom is 0.244 e. The van der Waals surface area contributed by atoms with E-state index in [0.29, 0.717) is 9.87 Å². The number of carbonyl (C=O) groups is 2. The van der Waals surface area contributed by atoms with Gasteiger partial charge in [-0.05, 0) is 30.7 Å². The zero-order chi connectivity index (χ0) is 15.5. The predicted molar refractivity (Wildman–Crippen MR) is 72.7 cm³/mol. The molecule has 0 saturated carbocycles. The van der Waals surface area contributed by atoms with Crippen molar-refractivity contribution in [2.75, 3.05) is 18.8 Å². The molecule has 1 aromatic rings. The Bertz CT molecular complexity index is 606. The molecule has 2 amide bonds. The van der Waals surface area contributed by atoms with E-state index in [1.54, 1.807) is 13.0 Å². The number of amides is 2. The summed E-state index contributed by atoms with van der Waals surface area (Å²) in [5.74, 6) is -1.79. The molecule has 110 valence electrons. The lowest BCUT2D eigenvalue weighted by Crippen LogP contribution is -2.43. The van der Waals surface area contributed by atoms with Gasteiger partial charge in [0.15, 0.2) is 0 Å².